The van der Waals surface area contributed by atoms with Gasteiger partial charge in [0.15, 0.2) is 0 Å². The highest BCUT2D eigenvalue weighted by atomic mass is 35.5. The lowest BCUT2D eigenvalue weighted by Crippen LogP contribution is -2.42. The van der Waals surface area contributed by atoms with Crippen molar-refractivity contribution < 1.29 is 17.9 Å². The van der Waals surface area contributed by atoms with Crippen molar-refractivity contribution in [2.75, 3.05) is 33.4 Å². The van der Waals surface area contributed by atoms with E-state index in [1.165, 1.54) is 4.31 Å². The maximum Gasteiger partial charge on any atom is 0.252 e. The molecule has 1 saturated heterocycles. The second kappa shape index (κ2) is 8.62. The summed E-state index contributed by atoms with van der Waals surface area (Å²) in [5.74, 6) is 0.0483. The highest BCUT2D eigenvalue weighted by molar-refractivity contribution is 7.91. The van der Waals surface area contributed by atoms with Gasteiger partial charge in [0.2, 0.25) is 5.91 Å². The number of halogens is 1. The van der Waals surface area contributed by atoms with Crippen molar-refractivity contribution >= 4 is 38.9 Å². The molecule has 2 rings (SSSR count). The molecule has 9 heteroatoms. The summed E-state index contributed by atoms with van der Waals surface area (Å²) in [7, 11) is -1.89. The zero-order valence-electron chi connectivity index (χ0n) is 13.8. The lowest BCUT2D eigenvalue weighted by molar-refractivity contribution is -0.126. The van der Waals surface area contributed by atoms with E-state index < -0.39 is 10.0 Å². The van der Waals surface area contributed by atoms with Gasteiger partial charge in [-0.05, 0) is 30.9 Å². The smallest absolute Gasteiger partial charge is 0.252 e. The van der Waals surface area contributed by atoms with Crippen molar-refractivity contribution in [3.8, 4) is 0 Å². The first-order valence-corrected chi connectivity index (χ1v) is 10.5. The number of sulfonamides is 1. The Morgan fingerprint density at radius 1 is 1.46 bits per heavy atom. The van der Waals surface area contributed by atoms with E-state index in [4.69, 9.17) is 16.3 Å². The van der Waals surface area contributed by atoms with Gasteiger partial charge in [-0.25, -0.2) is 8.42 Å². The number of methoxy groups -OCH3 is 1. The Labute approximate surface area is 152 Å². The summed E-state index contributed by atoms with van der Waals surface area (Å²) in [5.41, 5.74) is 0. The SMILES string of the molecule is COCCNC(=O)[C@@H](C)C1CCN(S(=O)(=O)c2ccc(Cl)s2)CC1. The molecule has 0 saturated carbocycles. The molecule has 6 nitrogen and oxygen atoms in total. The van der Waals surface area contributed by atoms with Crippen LogP contribution in [0.2, 0.25) is 4.34 Å². The molecule has 1 aromatic heterocycles. The molecule has 0 unspecified atom stereocenters. The Morgan fingerprint density at radius 2 is 2.12 bits per heavy atom. The van der Waals surface area contributed by atoms with Crippen molar-refractivity contribution in [3.63, 3.8) is 0 Å². The zero-order chi connectivity index (χ0) is 17.7. The number of ether oxygens (including phenoxy) is 1. The van der Waals surface area contributed by atoms with E-state index in [0.29, 0.717) is 43.4 Å². The molecule has 1 N–H and O–H groups in total. The summed E-state index contributed by atoms with van der Waals surface area (Å²) in [4.78, 5) is 12.1. The van der Waals surface area contributed by atoms with Crippen molar-refractivity contribution in [2.24, 2.45) is 11.8 Å². The Kier molecular flexibility index (Phi) is 7.06. The van der Waals surface area contributed by atoms with Crippen LogP contribution in [0.5, 0.6) is 0 Å². The largest absolute Gasteiger partial charge is 0.383 e. The van der Waals surface area contributed by atoms with Gasteiger partial charge >= 0.3 is 0 Å². The van der Waals surface area contributed by atoms with E-state index in [0.717, 1.165) is 11.3 Å². The molecule has 1 aromatic rings. The number of nitrogens with one attached hydrogen (secondary N) is 1. The van der Waals surface area contributed by atoms with Gasteiger partial charge < -0.3 is 10.1 Å². The molecule has 136 valence electrons. The summed E-state index contributed by atoms with van der Waals surface area (Å²) in [5, 5.41) is 2.84. The normalized spacial score (nSPS) is 18.5. The molecular weight excluding hydrogens is 372 g/mol. The second-order valence-corrected chi connectivity index (χ2v) is 9.75. The minimum Gasteiger partial charge on any atom is -0.383 e. The number of nitrogens with zero attached hydrogens (tertiary/aromatic N) is 1. The molecule has 0 aromatic carbocycles. The quantitative estimate of drug-likeness (QED) is 0.719. The molecule has 0 radical (unpaired) electrons. The van der Waals surface area contributed by atoms with Gasteiger partial charge in [-0.2, -0.15) is 4.31 Å². The fraction of sp³-hybridized carbons (Fsp3) is 0.667. The molecule has 1 aliphatic heterocycles. The van der Waals surface area contributed by atoms with Gasteiger partial charge in [0.05, 0.1) is 10.9 Å². The molecule has 24 heavy (non-hydrogen) atoms. The summed E-state index contributed by atoms with van der Waals surface area (Å²) >= 11 is 6.91. The third-order valence-corrected chi connectivity index (χ3v) is 7.96. The minimum atomic E-state index is -3.48. The molecule has 0 aliphatic carbocycles. The van der Waals surface area contributed by atoms with Crippen molar-refractivity contribution in [2.45, 2.75) is 24.0 Å². The summed E-state index contributed by atoms with van der Waals surface area (Å²) in [6.45, 7) is 3.73. The number of carbonyl (C=O) groups is 1. The highest BCUT2D eigenvalue weighted by Crippen LogP contribution is 2.32. The van der Waals surface area contributed by atoms with Crippen molar-refractivity contribution in [1.29, 1.82) is 0 Å². The number of amides is 1. The van der Waals surface area contributed by atoms with Crippen LogP contribution in [0.15, 0.2) is 16.3 Å². The predicted molar refractivity (Wildman–Crippen MR) is 94.9 cm³/mol. The Hall–Kier alpha value is -0.670. The van der Waals surface area contributed by atoms with Crippen LogP contribution < -0.4 is 5.32 Å². The van der Waals surface area contributed by atoms with Crippen molar-refractivity contribution in [1.82, 2.24) is 9.62 Å². The van der Waals surface area contributed by atoms with E-state index >= 15 is 0 Å². The minimum absolute atomic E-state index is 0.00149. The molecule has 1 atom stereocenters. The summed E-state index contributed by atoms with van der Waals surface area (Å²) in [6.07, 6.45) is 1.36. The first-order chi connectivity index (χ1) is 11.4. The number of rotatable bonds is 7. The van der Waals surface area contributed by atoms with Crippen molar-refractivity contribution in [3.05, 3.63) is 16.5 Å². The highest BCUT2D eigenvalue weighted by Gasteiger charge is 2.33. The third kappa shape index (κ3) is 4.70. The van der Waals surface area contributed by atoms with Crippen LogP contribution in [-0.4, -0.2) is 52.0 Å². The lowest BCUT2D eigenvalue weighted by atomic mass is 9.85. The average Bonchev–Trinajstić information content (AvgIpc) is 3.01. The van der Waals surface area contributed by atoms with Crippen LogP contribution >= 0.6 is 22.9 Å². The van der Waals surface area contributed by atoms with E-state index in [9.17, 15) is 13.2 Å². The van der Waals surface area contributed by atoms with E-state index in [1.54, 1.807) is 19.2 Å². The number of piperidine rings is 1. The standard InChI is InChI=1S/C15H23ClN2O4S2/c1-11(15(19)17-7-10-22-2)12-5-8-18(9-6-12)24(20,21)14-4-3-13(16)23-14/h3-4,11-12H,5-10H2,1-2H3,(H,17,19)/t11-/m0/s1. The topological polar surface area (TPSA) is 75.7 Å². The Bertz CT molecular complexity index is 654. The lowest BCUT2D eigenvalue weighted by Gasteiger charge is -2.33. The van der Waals surface area contributed by atoms with Gasteiger partial charge in [0.1, 0.15) is 4.21 Å². The van der Waals surface area contributed by atoms with Crippen LogP contribution in [-0.2, 0) is 19.6 Å². The zero-order valence-corrected chi connectivity index (χ0v) is 16.2. The third-order valence-electron chi connectivity index (χ3n) is 4.37. The van der Waals surface area contributed by atoms with E-state index in [2.05, 4.69) is 5.32 Å². The number of thiophene rings is 1. The second-order valence-electron chi connectivity index (χ2n) is 5.87. The van der Waals surface area contributed by atoms with Gasteiger partial charge in [0, 0.05) is 32.7 Å². The fourth-order valence-corrected chi connectivity index (χ4v) is 5.94. The van der Waals surface area contributed by atoms with Crippen LogP contribution in [0, 0.1) is 11.8 Å². The number of hydrogen-bond donors (Lipinski definition) is 1. The predicted octanol–water partition coefficient (Wildman–Crippen LogP) is 2.20. The first-order valence-electron chi connectivity index (χ1n) is 7.88. The number of carbonyl (C=O) groups excluding carboxylic acids is 1. The molecule has 2 heterocycles. The molecule has 1 amide bonds. The van der Waals surface area contributed by atoms with Crippen LogP contribution in [0.4, 0.5) is 0 Å². The molecule has 1 fully saturated rings. The number of hydrogen-bond acceptors (Lipinski definition) is 5. The monoisotopic (exact) mass is 394 g/mol. The van der Waals surface area contributed by atoms with E-state index in [1.807, 2.05) is 6.92 Å². The van der Waals surface area contributed by atoms with Gasteiger partial charge in [-0.3, -0.25) is 4.79 Å². The Balaban J connectivity index is 1.90. The molecular formula is C15H23ClN2O4S2. The molecule has 1 aliphatic rings. The van der Waals surface area contributed by atoms with Gasteiger partial charge in [0.25, 0.3) is 10.0 Å². The van der Waals surface area contributed by atoms with Gasteiger partial charge in [-0.15, -0.1) is 11.3 Å². The van der Waals surface area contributed by atoms with Crippen LogP contribution in [0.3, 0.4) is 0 Å². The van der Waals surface area contributed by atoms with E-state index in [-0.39, 0.29) is 22.0 Å². The van der Waals surface area contributed by atoms with Gasteiger partial charge in [-0.1, -0.05) is 18.5 Å². The maximum absolute atomic E-state index is 12.6. The molecule has 0 spiro atoms. The van der Waals surface area contributed by atoms with Crippen LogP contribution in [0.25, 0.3) is 0 Å². The average molecular weight is 395 g/mol. The molecule has 0 bridgehead atoms. The summed E-state index contributed by atoms with van der Waals surface area (Å²) < 4.78 is 32.3. The first kappa shape index (κ1) is 19.7. The Morgan fingerprint density at radius 3 is 2.67 bits per heavy atom. The fourth-order valence-electron chi connectivity index (χ4n) is 2.83. The van der Waals surface area contributed by atoms with Crippen LogP contribution in [0.1, 0.15) is 19.8 Å². The summed E-state index contributed by atoms with van der Waals surface area (Å²) in [6, 6.07) is 3.14. The maximum atomic E-state index is 12.6.